The highest BCUT2D eigenvalue weighted by Crippen LogP contribution is 2.26. The van der Waals surface area contributed by atoms with Crippen LogP contribution in [-0.2, 0) is 6.42 Å². The van der Waals surface area contributed by atoms with Gasteiger partial charge in [0.1, 0.15) is 10.8 Å². The summed E-state index contributed by atoms with van der Waals surface area (Å²) in [6, 6.07) is 14.5. The molecule has 6 heteroatoms. The van der Waals surface area contributed by atoms with Crippen molar-refractivity contribution in [2.24, 2.45) is 0 Å². The summed E-state index contributed by atoms with van der Waals surface area (Å²) >= 11 is 1.45. The largest absolute Gasteiger partial charge is 0.234 e. The van der Waals surface area contributed by atoms with E-state index in [4.69, 9.17) is 0 Å². The van der Waals surface area contributed by atoms with Crippen LogP contribution in [0.2, 0.25) is 0 Å². The lowest BCUT2D eigenvalue weighted by molar-refractivity contribution is 0.628. The first-order chi connectivity index (χ1) is 11.2. The maximum atomic E-state index is 13.0. The minimum absolute atomic E-state index is 0.253. The Morgan fingerprint density at radius 2 is 1.83 bits per heavy atom. The maximum Gasteiger partial charge on any atom is 0.234 e. The zero-order valence-electron chi connectivity index (χ0n) is 12.4. The van der Waals surface area contributed by atoms with Crippen molar-refractivity contribution in [3.63, 3.8) is 0 Å². The topological polar surface area (TPSA) is 43.1 Å². The van der Waals surface area contributed by atoms with Gasteiger partial charge in [0, 0.05) is 12.0 Å². The van der Waals surface area contributed by atoms with E-state index < -0.39 is 0 Å². The quantitative estimate of drug-likeness (QED) is 0.574. The molecule has 0 radical (unpaired) electrons. The lowest BCUT2D eigenvalue weighted by Gasteiger charge is -2.02. The highest BCUT2D eigenvalue weighted by atomic mass is 32.1. The van der Waals surface area contributed by atoms with Gasteiger partial charge in [-0.05, 0) is 42.3 Å². The maximum absolute atomic E-state index is 13.0. The Kier molecular flexibility index (Phi) is 3.38. The van der Waals surface area contributed by atoms with E-state index in [0.29, 0.717) is 6.42 Å². The average molecular weight is 324 g/mol. The van der Waals surface area contributed by atoms with Crippen molar-refractivity contribution in [1.82, 2.24) is 19.8 Å². The van der Waals surface area contributed by atoms with Gasteiger partial charge in [-0.2, -0.15) is 9.61 Å². The fourth-order valence-corrected chi connectivity index (χ4v) is 3.32. The van der Waals surface area contributed by atoms with E-state index in [2.05, 4.69) is 34.4 Å². The summed E-state index contributed by atoms with van der Waals surface area (Å²) in [7, 11) is 0. The molecule has 0 N–H and O–H groups in total. The molecule has 4 nitrogen and oxygen atoms in total. The number of nitrogens with zero attached hydrogens (tertiary/aromatic N) is 4. The van der Waals surface area contributed by atoms with Crippen molar-refractivity contribution in [2.45, 2.75) is 13.3 Å². The van der Waals surface area contributed by atoms with Crippen LogP contribution in [0.1, 0.15) is 17.0 Å². The first-order valence-corrected chi connectivity index (χ1v) is 8.04. The van der Waals surface area contributed by atoms with E-state index in [0.717, 1.165) is 21.4 Å². The van der Waals surface area contributed by atoms with Crippen LogP contribution in [0.4, 0.5) is 4.39 Å². The van der Waals surface area contributed by atoms with E-state index in [1.54, 1.807) is 16.6 Å². The van der Waals surface area contributed by atoms with Gasteiger partial charge in [0.25, 0.3) is 0 Å². The predicted octanol–water partition coefficient (Wildman–Crippen LogP) is 3.89. The molecule has 0 saturated heterocycles. The summed E-state index contributed by atoms with van der Waals surface area (Å²) < 4.78 is 14.8. The van der Waals surface area contributed by atoms with Gasteiger partial charge < -0.3 is 0 Å². The third-order valence-electron chi connectivity index (χ3n) is 3.76. The highest BCUT2D eigenvalue weighted by Gasteiger charge is 2.14. The molecule has 0 spiro atoms. The molecule has 2 heterocycles. The Morgan fingerprint density at radius 1 is 1.04 bits per heavy atom. The van der Waals surface area contributed by atoms with Crippen LogP contribution in [0.5, 0.6) is 0 Å². The third-order valence-corrected chi connectivity index (χ3v) is 4.70. The van der Waals surface area contributed by atoms with Crippen molar-refractivity contribution < 1.29 is 4.39 Å². The zero-order valence-corrected chi connectivity index (χ0v) is 13.2. The molecule has 4 aromatic rings. The van der Waals surface area contributed by atoms with Gasteiger partial charge in [-0.25, -0.2) is 4.39 Å². The molecule has 0 aliphatic rings. The van der Waals surface area contributed by atoms with E-state index in [-0.39, 0.29) is 5.82 Å². The van der Waals surface area contributed by atoms with Crippen LogP contribution in [0, 0.1) is 12.7 Å². The fraction of sp³-hybridized carbons (Fsp3) is 0.118. The zero-order chi connectivity index (χ0) is 15.8. The molecule has 2 aromatic carbocycles. The molecule has 0 bridgehead atoms. The molecular formula is C17H13FN4S. The normalized spacial score (nSPS) is 11.2. The second kappa shape index (κ2) is 5.55. The van der Waals surface area contributed by atoms with Crippen molar-refractivity contribution in [3.05, 3.63) is 71.3 Å². The van der Waals surface area contributed by atoms with Gasteiger partial charge in [-0.1, -0.05) is 35.6 Å². The Bertz CT molecular complexity index is 972. The van der Waals surface area contributed by atoms with E-state index in [9.17, 15) is 4.39 Å². The second-order valence-corrected chi connectivity index (χ2v) is 6.28. The molecule has 4 rings (SSSR count). The Hall–Kier alpha value is -2.60. The summed E-state index contributed by atoms with van der Waals surface area (Å²) in [5.41, 5.74) is 3.31. The number of hydrogen-bond acceptors (Lipinski definition) is 4. The predicted molar refractivity (Wildman–Crippen MR) is 88.0 cm³/mol. The first kappa shape index (κ1) is 14.0. The van der Waals surface area contributed by atoms with Gasteiger partial charge in [-0.3, -0.25) is 0 Å². The number of aromatic nitrogens is 4. The number of fused-ring (bicyclic) bond motifs is 1. The van der Waals surface area contributed by atoms with Gasteiger partial charge in [-0.15, -0.1) is 10.2 Å². The fourth-order valence-electron chi connectivity index (χ4n) is 2.46. The van der Waals surface area contributed by atoms with Gasteiger partial charge >= 0.3 is 0 Å². The summed E-state index contributed by atoms with van der Waals surface area (Å²) in [4.78, 5) is 0.743. The van der Waals surface area contributed by atoms with Crippen LogP contribution in [0.15, 0.2) is 48.5 Å². The molecular weight excluding hydrogens is 311 g/mol. The lowest BCUT2D eigenvalue weighted by atomic mass is 10.1. The van der Waals surface area contributed by atoms with Crippen LogP contribution >= 0.6 is 11.3 Å². The van der Waals surface area contributed by atoms with Crippen LogP contribution < -0.4 is 0 Å². The molecule has 114 valence electrons. The Morgan fingerprint density at radius 3 is 2.61 bits per heavy atom. The number of benzene rings is 2. The van der Waals surface area contributed by atoms with E-state index in [1.807, 2.05) is 12.1 Å². The number of aryl methyl sites for hydroxylation is 1. The molecule has 0 unspecified atom stereocenters. The SMILES string of the molecule is Cc1ccccc1Cc1nnc2sc(-c3ccc(F)cc3)nn12. The van der Waals surface area contributed by atoms with Gasteiger partial charge in [0.2, 0.25) is 4.96 Å². The van der Waals surface area contributed by atoms with E-state index >= 15 is 0 Å². The third kappa shape index (κ3) is 2.61. The van der Waals surface area contributed by atoms with Crippen molar-refractivity contribution in [1.29, 1.82) is 0 Å². The van der Waals surface area contributed by atoms with Crippen LogP contribution in [0.25, 0.3) is 15.5 Å². The minimum atomic E-state index is -0.253. The van der Waals surface area contributed by atoms with Crippen molar-refractivity contribution in [2.75, 3.05) is 0 Å². The van der Waals surface area contributed by atoms with E-state index in [1.165, 1.54) is 34.6 Å². The second-order valence-electron chi connectivity index (χ2n) is 5.33. The van der Waals surface area contributed by atoms with Crippen LogP contribution in [-0.4, -0.2) is 19.8 Å². The van der Waals surface area contributed by atoms with Crippen molar-refractivity contribution in [3.8, 4) is 10.6 Å². The Balaban J connectivity index is 1.72. The minimum Gasteiger partial charge on any atom is -0.207 e. The molecule has 0 saturated carbocycles. The number of hydrogen-bond donors (Lipinski definition) is 0. The molecule has 0 atom stereocenters. The molecule has 23 heavy (non-hydrogen) atoms. The summed E-state index contributed by atoms with van der Waals surface area (Å²) in [6.07, 6.45) is 0.681. The molecule has 0 fully saturated rings. The monoisotopic (exact) mass is 324 g/mol. The summed E-state index contributed by atoms with van der Waals surface area (Å²) in [5.74, 6) is 0.552. The lowest BCUT2D eigenvalue weighted by Crippen LogP contribution is -1.99. The molecule has 0 aliphatic heterocycles. The smallest absolute Gasteiger partial charge is 0.207 e. The molecule has 0 amide bonds. The van der Waals surface area contributed by atoms with Crippen molar-refractivity contribution >= 4 is 16.3 Å². The Labute approximate surface area is 136 Å². The first-order valence-electron chi connectivity index (χ1n) is 7.22. The average Bonchev–Trinajstić information content (AvgIpc) is 3.12. The van der Waals surface area contributed by atoms with Gasteiger partial charge in [0.15, 0.2) is 5.82 Å². The summed E-state index contributed by atoms with van der Waals surface area (Å²) in [5, 5.41) is 13.8. The van der Waals surface area contributed by atoms with Crippen LogP contribution in [0.3, 0.4) is 0 Å². The highest BCUT2D eigenvalue weighted by molar-refractivity contribution is 7.19. The summed E-state index contributed by atoms with van der Waals surface area (Å²) in [6.45, 7) is 2.08. The van der Waals surface area contributed by atoms with Gasteiger partial charge in [0.05, 0.1) is 0 Å². The molecule has 0 aliphatic carbocycles. The number of halogens is 1. The standard InChI is InChI=1S/C17H13FN4S/c1-11-4-2-3-5-13(11)10-15-19-20-17-22(15)21-16(23-17)12-6-8-14(18)9-7-12/h2-9H,10H2,1H3. The molecule has 2 aromatic heterocycles. The number of rotatable bonds is 3.